The highest BCUT2D eigenvalue weighted by Crippen LogP contribution is 2.50. The van der Waals surface area contributed by atoms with Crippen LogP contribution in [0.5, 0.6) is 11.5 Å². The number of para-hydroxylation sites is 2. The smallest absolute Gasteiger partial charge is 0.327 e. The van der Waals surface area contributed by atoms with E-state index in [9.17, 15) is 29.7 Å². The molecule has 5 rings (SSSR count). The fourth-order valence-electron chi connectivity index (χ4n) is 5.09. The predicted molar refractivity (Wildman–Crippen MR) is 165 cm³/mol. The molecule has 0 radical (unpaired) electrons. The average Bonchev–Trinajstić information content (AvgIpc) is 3.24. The first-order valence-electron chi connectivity index (χ1n) is 14.1. The molecule has 43 heavy (non-hydrogen) atoms. The molecule has 3 unspecified atom stereocenters. The lowest BCUT2D eigenvalue weighted by Gasteiger charge is -2.43. The number of carboxylic acids is 1. The summed E-state index contributed by atoms with van der Waals surface area (Å²) in [5.74, 6) is -0.912. The van der Waals surface area contributed by atoms with Crippen LogP contribution in [-0.4, -0.2) is 73.3 Å². The van der Waals surface area contributed by atoms with Crippen molar-refractivity contribution in [3.05, 3.63) is 95.6 Å². The van der Waals surface area contributed by atoms with Gasteiger partial charge in [0.1, 0.15) is 29.0 Å². The number of benzene rings is 3. The number of amides is 2. The average molecular weight is 607 g/mol. The van der Waals surface area contributed by atoms with Gasteiger partial charge in [-0.15, -0.1) is 11.8 Å². The molecular weight excluding hydrogens is 568 g/mol. The third-order valence-electron chi connectivity index (χ3n) is 7.29. The first-order chi connectivity index (χ1) is 20.6. The van der Waals surface area contributed by atoms with Gasteiger partial charge in [-0.1, -0.05) is 66.7 Å². The minimum atomic E-state index is -1.01. The lowest BCUT2D eigenvalue weighted by molar-refractivity contribution is -0.161. The van der Waals surface area contributed by atoms with Crippen molar-refractivity contribution in [3.8, 4) is 11.5 Å². The number of thioether (sulfide) groups is 1. The summed E-state index contributed by atoms with van der Waals surface area (Å²) in [5, 5.41) is 37.5. The largest absolute Gasteiger partial charge is 0.508 e. The summed E-state index contributed by atoms with van der Waals surface area (Å²) < 4.78 is -0.578. The van der Waals surface area contributed by atoms with Crippen LogP contribution < -0.4 is 16.0 Å². The van der Waals surface area contributed by atoms with E-state index in [1.165, 1.54) is 16.7 Å². The highest BCUT2D eigenvalue weighted by atomic mass is 32.2. The second kappa shape index (κ2) is 14.4. The summed E-state index contributed by atoms with van der Waals surface area (Å²) in [5.41, 5.74) is 2.66. The predicted octanol–water partition coefficient (Wildman–Crippen LogP) is 2.84. The number of aromatic hydroxyl groups is 2. The van der Waals surface area contributed by atoms with Gasteiger partial charge in [0.25, 0.3) is 0 Å². The number of hydrogen-bond acceptors (Lipinski definition) is 8. The molecule has 3 aromatic rings. The lowest BCUT2D eigenvalue weighted by Crippen LogP contribution is -2.70. The summed E-state index contributed by atoms with van der Waals surface area (Å²) in [7, 11) is 0. The third kappa shape index (κ3) is 8.07. The van der Waals surface area contributed by atoms with Gasteiger partial charge in [0.2, 0.25) is 11.8 Å². The Kier molecular flexibility index (Phi) is 10.7. The Bertz CT molecular complexity index is 1370. The highest BCUT2D eigenvalue weighted by molar-refractivity contribution is 8.01. The molecule has 2 heterocycles. The zero-order chi connectivity index (χ0) is 31.0. The van der Waals surface area contributed by atoms with Crippen molar-refractivity contribution in [1.82, 2.24) is 20.9 Å². The maximum atomic E-state index is 12.3. The number of phenols is 2. The van der Waals surface area contributed by atoms with Crippen molar-refractivity contribution in [3.63, 3.8) is 0 Å². The SMILES string of the molecule is CC1(C)SC2C(NC(=O)Cc3ccccc3)C(=O)N2C1C(=O)O.Oc1ccccc1CNCCNCc1ccccc1O. The number of nitrogens with zero attached hydrogens (tertiary/aromatic N) is 1. The number of phenolic OH excluding ortho intramolecular Hbond substituents is 2. The molecular formula is C32H38N4O6S. The molecule has 0 saturated carbocycles. The number of fused-ring (bicyclic) bond motifs is 1. The van der Waals surface area contributed by atoms with E-state index in [0.29, 0.717) is 24.6 Å². The number of aliphatic carboxylic acids is 1. The second-order valence-electron chi connectivity index (χ2n) is 10.9. The Morgan fingerprint density at radius 1 is 0.837 bits per heavy atom. The Hall–Kier alpha value is -4.06. The minimum absolute atomic E-state index is 0.202. The van der Waals surface area contributed by atoms with Crippen molar-refractivity contribution in [2.24, 2.45) is 0 Å². The number of β-lactam (4-membered cyclic amide) rings is 1. The number of nitrogens with one attached hydrogen (secondary N) is 3. The van der Waals surface area contributed by atoms with E-state index >= 15 is 0 Å². The molecule has 2 aliphatic rings. The van der Waals surface area contributed by atoms with E-state index in [2.05, 4.69) is 16.0 Å². The van der Waals surface area contributed by atoms with E-state index in [-0.39, 0.29) is 23.6 Å². The lowest BCUT2D eigenvalue weighted by atomic mass is 9.96. The monoisotopic (exact) mass is 606 g/mol. The van der Waals surface area contributed by atoms with Crippen LogP contribution in [0.4, 0.5) is 0 Å². The van der Waals surface area contributed by atoms with Crippen molar-refractivity contribution >= 4 is 29.5 Å². The van der Waals surface area contributed by atoms with Crippen LogP contribution in [-0.2, 0) is 33.9 Å². The molecule has 3 atom stereocenters. The Labute approximate surface area is 255 Å². The van der Waals surface area contributed by atoms with Crippen molar-refractivity contribution in [2.75, 3.05) is 13.1 Å². The van der Waals surface area contributed by atoms with Gasteiger partial charge in [0, 0.05) is 42.1 Å². The van der Waals surface area contributed by atoms with Gasteiger partial charge in [-0.3, -0.25) is 9.59 Å². The molecule has 11 heteroatoms. The summed E-state index contributed by atoms with van der Waals surface area (Å²) >= 11 is 1.42. The summed E-state index contributed by atoms with van der Waals surface area (Å²) in [6, 6.07) is 22.4. The fourth-order valence-corrected chi connectivity index (χ4v) is 6.72. The normalized spacial score (nSPS) is 19.9. The number of carboxylic acid groups (broad SMARTS) is 1. The molecule has 6 N–H and O–H groups in total. The molecule has 3 aromatic carbocycles. The Balaban J connectivity index is 0.000000199. The van der Waals surface area contributed by atoms with Crippen molar-refractivity contribution in [1.29, 1.82) is 0 Å². The van der Waals surface area contributed by atoms with Gasteiger partial charge in [-0.25, -0.2) is 4.79 Å². The topological polar surface area (TPSA) is 151 Å². The zero-order valence-electron chi connectivity index (χ0n) is 24.2. The van der Waals surface area contributed by atoms with Crippen molar-refractivity contribution < 1.29 is 29.7 Å². The van der Waals surface area contributed by atoms with Gasteiger partial charge in [0.05, 0.1) is 6.42 Å². The van der Waals surface area contributed by atoms with Gasteiger partial charge in [-0.2, -0.15) is 0 Å². The quantitative estimate of drug-likeness (QED) is 0.143. The number of carbonyl (C=O) groups is 3. The fraction of sp³-hybridized carbons (Fsp3) is 0.344. The van der Waals surface area contributed by atoms with Gasteiger partial charge < -0.3 is 36.2 Å². The summed E-state index contributed by atoms with van der Waals surface area (Å²) in [4.78, 5) is 37.2. The number of carbonyl (C=O) groups excluding carboxylic acids is 2. The summed E-state index contributed by atoms with van der Waals surface area (Å²) in [6.07, 6.45) is 0.202. The molecule has 2 fully saturated rings. The van der Waals surface area contributed by atoms with Crippen molar-refractivity contribution in [2.45, 2.75) is 55.6 Å². The maximum Gasteiger partial charge on any atom is 0.327 e. The number of rotatable bonds is 11. The number of hydrogen-bond donors (Lipinski definition) is 6. The maximum absolute atomic E-state index is 12.3. The molecule has 2 aliphatic heterocycles. The van der Waals surface area contributed by atoms with E-state index in [4.69, 9.17) is 0 Å². The molecule has 2 amide bonds. The molecule has 0 spiro atoms. The van der Waals surface area contributed by atoms with Gasteiger partial charge >= 0.3 is 5.97 Å². The van der Waals surface area contributed by atoms with Gasteiger partial charge in [-0.05, 0) is 31.5 Å². The molecule has 228 valence electrons. The molecule has 0 aromatic heterocycles. The first-order valence-corrected chi connectivity index (χ1v) is 15.0. The zero-order valence-corrected chi connectivity index (χ0v) is 25.0. The van der Waals surface area contributed by atoms with Crippen LogP contribution >= 0.6 is 11.8 Å². The van der Waals surface area contributed by atoms with E-state index < -0.39 is 22.8 Å². The van der Waals surface area contributed by atoms with E-state index in [0.717, 1.165) is 29.8 Å². The van der Waals surface area contributed by atoms with Crippen LogP contribution in [0.1, 0.15) is 30.5 Å². The third-order valence-corrected chi connectivity index (χ3v) is 8.86. The van der Waals surface area contributed by atoms with Gasteiger partial charge in [0.15, 0.2) is 0 Å². The Morgan fingerprint density at radius 2 is 1.35 bits per heavy atom. The van der Waals surface area contributed by atoms with Crippen LogP contribution in [0, 0.1) is 0 Å². The van der Waals surface area contributed by atoms with Crippen LogP contribution in [0.3, 0.4) is 0 Å². The Morgan fingerprint density at radius 3 is 1.86 bits per heavy atom. The second-order valence-corrected chi connectivity index (χ2v) is 12.7. The van der Waals surface area contributed by atoms with E-state index in [1.54, 1.807) is 12.1 Å². The molecule has 10 nitrogen and oxygen atoms in total. The molecule has 0 aliphatic carbocycles. The molecule has 0 bridgehead atoms. The molecule has 2 saturated heterocycles. The summed E-state index contributed by atoms with van der Waals surface area (Å²) in [6.45, 7) is 6.50. The minimum Gasteiger partial charge on any atom is -0.508 e. The first kappa shape index (κ1) is 31.9. The van der Waals surface area contributed by atoms with Crippen LogP contribution in [0.2, 0.25) is 0 Å². The van der Waals surface area contributed by atoms with Crippen LogP contribution in [0.15, 0.2) is 78.9 Å². The van der Waals surface area contributed by atoms with Crippen LogP contribution in [0.25, 0.3) is 0 Å². The highest BCUT2D eigenvalue weighted by Gasteiger charge is 2.64. The standard InChI is InChI=1S/C16H18N2O4S.C16H20N2O2/c1-16(2)12(15(21)22)18-13(20)11(14(18)23-16)17-10(19)8-9-6-4-3-5-7-9;19-15-7-3-1-5-13(15)11-17-9-10-18-12-14-6-2-4-8-16(14)20/h3-7,11-12,14H,8H2,1-2H3,(H,17,19)(H,21,22);1-8,17-20H,9-12H2. The van der Waals surface area contributed by atoms with E-state index in [1.807, 2.05) is 80.6 Å².